The molecule has 0 aliphatic carbocycles. The second-order valence-electron chi connectivity index (χ2n) is 19.1. The minimum absolute atomic E-state index is 0.0189. The summed E-state index contributed by atoms with van der Waals surface area (Å²) >= 11 is 6.25. The fraction of sp³-hybridized carbons (Fsp3) is 0.375. The summed E-state index contributed by atoms with van der Waals surface area (Å²) in [6.07, 6.45) is 0.831. The van der Waals surface area contributed by atoms with E-state index < -0.39 is 24.0 Å². The van der Waals surface area contributed by atoms with Crippen molar-refractivity contribution in [3.63, 3.8) is 0 Å². The Hall–Kier alpha value is -8.06. The highest BCUT2D eigenvalue weighted by Gasteiger charge is 2.32. The molecule has 0 radical (unpaired) electrons. The number of carbonyl (C=O) groups is 5. The Morgan fingerprint density at radius 3 is 1.70 bits per heavy atom. The number of Topliss-reactive ketones (excluding diaryl/α,β-unsaturated/α-hetero) is 2. The van der Waals surface area contributed by atoms with Gasteiger partial charge in [-0.25, -0.2) is 0 Å². The van der Waals surface area contributed by atoms with Crippen molar-refractivity contribution >= 4 is 58.0 Å². The maximum absolute atomic E-state index is 13.6. The van der Waals surface area contributed by atoms with Gasteiger partial charge < -0.3 is 30.7 Å². The van der Waals surface area contributed by atoms with Crippen LogP contribution in [-0.4, -0.2) is 110 Å². The van der Waals surface area contributed by atoms with Gasteiger partial charge in [-0.15, -0.1) is 20.4 Å². The van der Waals surface area contributed by atoms with E-state index in [4.69, 9.17) is 31.1 Å². The third-order valence-electron chi connectivity index (χ3n) is 13.1. The quantitative estimate of drug-likeness (QED) is 0.0463. The van der Waals surface area contributed by atoms with Crippen molar-refractivity contribution in [3.05, 3.63) is 136 Å². The first-order chi connectivity index (χ1) is 36.6. The molecule has 0 fully saturated rings. The largest absolute Gasteiger partial charge is 0.497 e. The maximum atomic E-state index is 13.6. The van der Waals surface area contributed by atoms with Gasteiger partial charge in [-0.3, -0.25) is 43.1 Å². The molecule has 19 nitrogen and oxygen atoms in total. The number of aliphatic imine (C=N–C) groups is 2. The van der Waals surface area contributed by atoms with Crippen LogP contribution in [0.2, 0.25) is 5.02 Å². The third kappa shape index (κ3) is 12.7. The van der Waals surface area contributed by atoms with E-state index in [1.54, 1.807) is 26.4 Å². The smallest absolute Gasteiger partial charge is 0.222 e. The van der Waals surface area contributed by atoms with Gasteiger partial charge in [-0.05, 0) is 100 Å². The number of halogens is 1. The summed E-state index contributed by atoms with van der Waals surface area (Å²) in [4.78, 5) is 76.6. The molecule has 76 heavy (non-hydrogen) atoms. The predicted molar refractivity (Wildman–Crippen MR) is 289 cm³/mol. The fourth-order valence-corrected chi connectivity index (χ4v) is 9.53. The van der Waals surface area contributed by atoms with E-state index in [1.165, 1.54) is 0 Å². The van der Waals surface area contributed by atoms with Crippen LogP contribution in [-0.2, 0) is 24.0 Å². The lowest BCUT2D eigenvalue weighted by molar-refractivity contribution is -0.129. The monoisotopic (exact) mass is 1050 g/mol. The summed E-state index contributed by atoms with van der Waals surface area (Å²) in [5.41, 5.74) is 6.69. The molecule has 0 bridgehead atoms. The molecule has 4 aromatic carbocycles. The number of ether oxygens (including phenoxy) is 2. The normalized spacial score (nSPS) is 14.8. The number of ketones is 2. The van der Waals surface area contributed by atoms with E-state index in [-0.39, 0.29) is 74.5 Å². The van der Waals surface area contributed by atoms with E-state index in [0.29, 0.717) is 76.3 Å². The molecule has 2 aliphatic heterocycles. The van der Waals surface area contributed by atoms with Crippen LogP contribution in [0, 0.1) is 19.8 Å². The number of rotatable bonds is 23. The van der Waals surface area contributed by atoms with Gasteiger partial charge in [-0.1, -0.05) is 49.7 Å². The van der Waals surface area contributed by atoms with Gasteiger partial charge in [0, 0.05) is 65.3 Å². The summed E-state index contributed by atoms with van der Waals surface area (Å²) in [5, 5.41) is 30.0. The second kappa shape index (κ2) is 24.5. The number of aromatic nitrogens is 6. The molecule has 6 aromatic rings. The van der Waals surface area contributed by atoms with E-state index >= 15 is 0 Å². The van der Waals surface area contributed by atoms with Gasteiger partial charge >= 0.3 is 0 Å². The molecule has 2 aromatic heterocycles. The molecule has 3 amide bonds. The van der Waals surface area contributed by atoms with Crippen molar-refractivity contribution < 1.29 is 33.4 Å². The molecule has 8 rings (SSSR count). The molecule has 0 spiro atoms. The van der Waals surface area contributed by atoms with Crippen LogP contribution in [0.4, 0.5) is 5.69 Å². The minimum atomic E-state index is -0.742. The molecule has 396 valence electrons. The molecule has 4 N–H and O–H groups in total. The first kappa shape index (κ1) is 54.2. The van der Waals surface area contributed by atoms with E-state index in [0.717, 1.165) is 33.6 Å². The molecule has 4 heterocycles. The zero-order valence-electron chi connectivity index (χ0n) is 43.8. The Balaban J connectivity index is 0.835. The zero-order chi connectivity index (χ0) is 54.0. The Labute approximate surface area is 446 Å². The number of nitrogens with one attached hydrogen (secondary N) is 4. The van der Waals surface area contributed by atoms with Gasteiger partial charge in [-0.2, -0.15) is 0 Å². The summed E-state index contributed by atoms with van der Waals surface area (Å²) in [5.74, 6) is 2.56. The molecular weight excluding hydrogens is 988 g/mol. The van der Waals surface area contributed by atoms with Crippen LogP contribution >= 0.6 is 11.6 Å². The van der Waals surface area contributed by atoms with E-state index in [2.05, 4.69) is 41.7 Å². The zero-order valence-corrected chi connectivity index (χ0v) is 44.5. The summed E-state index contributed by atoms with van der Waals surface area (Å²) in [7, 11) is 3.19. The van der Waals surface area contributed by atoms with Crippen molar-refractivity contribution in [2.75, 3.05) is 39.2 Å². The molecule has 0 saturated carbocycles. The SMILES string of the molecule is CCNC(=O)C[C@@H]1N=C(c2ccc(NCC(=O)CCC(=O)NC(CC(C)C)C(=O)CCCNC(=O)C[C@@H]3N=C(c4ccc(Cl)cc4)c4cc(OC)ccc4-n4c(C)nnc43)cc2)c2cc(OC)ccc2-n2c(C)nnc21. The lowest BCUT2D eigenvalue weighted by Gasteiger charge is -2.20. The third-order valence-corrected chi connectivity index (χ3v) is 13.4. The van der Waals surface area contributed by atoms with Gasteiger partial charge in [0.25, 0.3) is 0 Å². The molecule has 3 atom stereocenters. The van der Waals surface area contributed by atoms with Crippen molar-refractivity contribution in [1.29, 1.82) is 0 Å². The van der Waals surface area contributed by atoms with Crippen molar-refractivity contribution in [1.82, 2.24) is 45.5 Å². The topological polar surface area (TPSA) is 238 Å². The highest BCUT2D eigenvalue weighted by molar-refractivity contribution is 6.30. The lowest BCUT2D eigenvalue weighted by atomic mass is 9.97. The van der Waals surface area contributed by atoms with Crippen LogP contribution in [0.1, 0.15) is 123 Å². The first-order valence-electron chi connectivity index (χ1n) is 25.5. The minimum Gasteiger partial charge on any atom is -0.497 e. The number of hydrogen-bond acceptors (Lipinski definition) is 14. The Bertz CT molecular complexity index is 3180. The number of anilines is 1. The summed E-state index contributed by atoms with van der Waals surface area (Å²) in [6, 6.07) is 24.1. The van der Waals surface area contributed by atoms with Crippen molar-refractivity contribution in [2.24, 2.45) is 15.9 Å². The van der Waals surface area contributed by atoms with Crippen LogP contribution in [0.3, 0.4) is 0 Å². The number of fused-ring (bicyclic) bond motifs is 6. The molecule has 20 heteroatoms. The molecule has 2 aliphatic rings. The second-order valence-corrected chi connectivity index (χ2v) is 19.6. The average molecular weight is 1050 g/mol. The van der Waals surface area contributed by atoms with E-state index in [9.17, 15) is 24.0 Å². The number of methoxy groups -OCH3 is 2. The number of carbonyl (C=O) groups excluding carboxylic acids is 5. The number of benzene rings is 4. The Morgan fingerprint density at radius 1 is 0.658 bits per heavy atom. The summed E-state index contributed by atoms with van der Waals surface area (Å²) < 4.78 is 15.0. The maximum Gasteiger partial charge on any atom is 0.222 e. The number of aryl methyl sites for hydroxylation is 2. The van der Waals surface area contributed by atoms with Crippen LogP contribution in [0.5, 0.6) is 11.5 Å². The van der Waals surface area contributed by atoms with Crippen LogP contribution in [0.25, 0.3) is 11.4 Å². The van der Waals surface area contributed by atoms with Gasteiger partial charge in [0.2, 0.25) is 17.7 Å². The fourth-order valence-electron chi connectivity index (χ4n) is 9.40. The van der Waals surface area contributed by atoms with Crippen molar-refractivity contribution in [3.8, 4) is 22.9 Å². The number of amides is 3. The Kier molecular flexibility index (Phi) is 17.5. The highest BCUT2D eigenvalue weighted by atomic mass is 35.5. The molecule has 0 saturated heterocycles. The first-order valence-corrected chi connectivity index (χ1v) is 25.9. The number of nitrogens with zero attached hydrogens (tertiary/aromatic N) is 8. The summed E-state index contributed by atoms with van der Waals surface area (Å²) in [6.45, 7) is 10.2. The van der Waals surface area contributed by atoms with Gasteiger partial charge in [0.15, 0.2) is 23.2 Å². The number of hydrogen-bond donors (Lipinski definition) is 4. The van der Waals surface area contributed by atoms with Gasteiger partial charge in [0.1, 0.15) is 35.2 Å². The van der Waals surface area contributed by atoms with Crippen LogP contribution in [0.15, 0.2) is 94.9 Å². The molecular formula is C56H63ClN12O7. The highest BCUT2D eigenvalue weighted by Crippen LogP contribution is 2.36. The van der Waals surface area contributed by atoms with Gasteiger partial charge in [0.05, 0.1) is 62.4 Å². The predicted octanol–water partition coefficient (Wildman–Crippen LogP) is 7.29. The average Bonchev–Trinajstić information content (AvgIpc) is 3.94. The van der Waals surface area contributed by atoms with Crippen LogP contribution < -0.4 is 30.7 Å². The standard InChI is InChI=1S/C56H63ClN12O7/c1-8-58-51(73)29-45-55-66-64-33(4)68(55)48-23-21-41(76-7)28-43(48)54(62-45)36-13-17-38(18-14-36)60-31-39(70)19-24-50(72)61-44(26-32(2)3)49(71)10-9-25-59-52(74)30-46-56-67-65-34(5)69(56)47-22-20-40(75-6)27-42(47)53(63-46)35-11-15-37(57)16-12-35/h11-18,20-23,27-28,32,44-46,60H,8-10,19,24-26,29-31H2,1-7H3,(H,58,73)(H,59,74)(H,61,72)/t44?,45-,46-/m0/s1. The lowest BCUT2D eigenvalue weighted by Crippen LogP contribution is -2.42. The molecule has 1 unspecified atom stereocenters. The van der Waals surface area contributed by atoms with E-state index in [1.807, 2.05) is 117 Å². The Morgan fingerprint density at radius 2 is 1.18 bits per heavy atom. The van der Waals surface area contributed by atoms with Crippen molar-refractivity contribution in [2.45, 2.75) is 97.7 Å².